The Morgan fingerprint density at radius 1 is 0.900 bits per heavy atom. The monoisotopic (exact) mass is 412 g/mol. The summed E-state index contributed by atoms with van der Waals surface area (Å²) in [6.45, 7) is 12.4. The molecule has 0 aromatic heterocycles. The van der Waals surface area contributed by atoms with E-state index in [-0.39, 0.29) is 5.41 Å². The van der Waals surface area contributed by atoms with E-state index in [4.69, 9.17) is 9.47 Å². The van der Waals surface area contributed by atoms with Gasteiger partial charge in [-0.3, -0.25) is 4.90 Å². The molecule has 3 rings (SSSR count). The number of benzene rings is 2. The highest BCUT2D eigenvalue weighted by molar-refractivity contribution is 5.46. The highest BCUT2D eigenvalue weighted by Gasteiger charge is 2.19. The van der Waals surface area contributed by atoms with E-state index in [1.165, 1.54) is 11.3 Å². The number of hydrogen-bond donors (Lipinski definition) is 1. The molecule has 0 radical (unpaired) electrons. The maximum Gasteiger partial charge on any atom is 0.119 e. The van der Waals surface area contributed by atoms with E-state index in [9.17, 15) is 5.11 Å². The van der Waals surface area contributed by atoms with Gasteiger partial charge in [0.1, 0.15) is 12.4 Å². The van der Waals surface area contributed by atoms with E-state index in [0.717, 1.165) is 31.9 Å². The van der Waals surface area contributed by atoms with Gasteiger partial charge >= 0.3 is 0 Å². The van der Waals surface area contributed by atoms with E-state index in [2.05, 4.69) is 67.0 Å². The molecule has 0 saturated carbocycles. The van der Waals surface area contributed by atoms with Crippen LogP contribution in [0.1, 0.15) is 26.3 Å². The Bertz CT molecular complexity index is 735. The molecule has 30 heavy (non-hydrogen) atoms. The van der Waals surface area contributed by atoms with Gasteiger partial charge in [-0.2, -0.15) is 0 Å². The van der Waals surface area contributed by atoms with Crippen molar-refractivity contribution in [1.82, 2.24) is 4.90 Å². The maximum atomic E-state index is 10.3. The van der Waals surface area contributed by atoms with Crippen LogP contribution in [0.25, 0.3) is 0 Å². The van der Waals surface area contributed by atoms with Crippen molar-refractivity contribution >= 4 is 5.69 Å². The van der Waals surface area contributed by atoms with Gasteiger partial charge in [-0.05, 0) is 35.2 Å². The van der Waals surface area contributed by atoms with Gasteiger partial charge < -0.3 is 19.5 Å². The molecule has 1 fully saturated rings. The molecule has 1 atom stereocenters. The number of piperazine rings is 1. The fourth-order valence-corrected chi connectivity index (χ4v) is 3.67. The predicted octanol–water partition coefficient (Wildman–Crippen LogP) is 3.56. The second-order valence-corrected chi connectivity index (χ2v) is 8.97. The minimum absolute atomic E-state index is 0.145. The van der Waals surface area contributed by atoms with Gasteiger partial charge in [0.05, 0.1) is 19.3 Å². The first-order chi connectivity index (χ1) is 14.4. The lowest BCUT2D eigenvalue weighted by Gasteiger charge is -2.36. The molecule has 1 aliphatic heterocycles. The standard InChI is InChI=1S/C25H36N2O3/c1-25(2,3)21-9-11-24(12-10-21)30-18-17-29-20-23(28)19-26-13-15-27(16-14-26)22-7-5-4-6-8-22/h4-12,23,28H,13-20H2,1-3H3. The number of aliphatic hydroxyl groups is 1. The van der Waals surface area contributed by atoms with Gasteiger partial charge in [0.15, 0.2) is 0 Å². The molecule has 1 unspecified atom stereocenters. The number of nitrogens with zero attached hydrogens (tertiary/aromatic N) is 2. The van der Waals surface area contributed by atoms with Crippen molar-refractivity contribution in [2.45, 2.75) is 32.3 Å². The lowest BCUT2D eigenvalue weighted by molar-refractivity contribution is 0.00718. The summed E-state index contributed by atoms with van der Waals surface area (Å²) in [7, 11) is 0. The molecule has 2 aromatic rings. The van der Waals surface area contributed by atoms with Crippen LogP contribution in [0, 0.1) is 0 Å². The molecule has 1 aliphatic rings. The first-order valence-corrected chi connectivity index (χ1v) is 10.9. The highest BCUT2D eigenvalue weighted by atomic mass is 16.5. The third-order valence-electron chi connectivity index (χ3n) is 5.49. The Morgan fingerprint density at radius 2 is 1.57 bits per heavy atom. The quantitative estimate of drug-likeness (QED) is 0.638. The van der Waals surface area contributed by atoms with Gasteiger partial charge in [0.25, 0.3) is 0 Å². The molecule has 0 aliphatic carbocycles. The Hall–Kier alpha value is -2.08. The Kier molecular flexibility index (Phi) is 8.14. The minimum Gasteiger partial charge on any atom is -0.491 e. The molecule has 0 bridgehead atoms. The number of aliphatic hydroxyl groups excluding tert-OH is 1. The number of para-hydroxylation sites is 1. The second kappa shape index (κ2) is 10.8. The normalized spacial score (nSPS) is 16.5. The second-order valence-electron chi connectivity index (χ2n) is 8.97. The maximum absolute atomic E-state index is 10.3. The summed E-state index contributed by atoms with van der Waals surface area (Å²) in [5.74, 6) is 0.850. The lowest BCUT2D eigenvalue weighted by atomic mass is 9.87. The molecule has 0 spiro atoms. The van der Waals surface area contributed by atoms with E-state index in [0.29, 0.717) is 26.4 Å². The summed E-state index contributed by atoms with van der Waals surface area (Å²) in [6.07, 6.45) is -0.473. The van der Waals surface area contributed by atoms with Crippen molar-refractivity contribution < 1.29 is 14.6 Å². The number of ether oxygens (including phenoxy) is 2. The van der Waals surface area contributed by atoms with Crippen LogP contribution in [0.4, 0.5) is 5.69 Å². The summed E-state index contributed by atoms with van der Waals surface area (Å²) in [5.41, 5.74) is 2.71. The molecule has 164 valence electrons. The Labute approximate surface area is 181 Å². The summed E-state index contributed by atoms with van der Waals surface area (Å²) in [4.78, 5) is 4.70. The van der Waals surface area contributed by atoms with Crippen LogP contribution in [-0.4, -0.2) is 68.7 Å². The van der Waals surface area contributed by atoms with Crippen LogP contribution in [0.3, 0.4) is 0 Å². The number of β-amino-alcohol motifs (C(OH)–C–C–N with tert-alkyl or cyclic N) is 1. The van der Waals surface area contributed by atoms with Crippen molar-refractivity contribution in [2.75, 3.05) is 57.4 Å². The minimum atomic E-state index is -0.473. The number of hydrogen-bond acceptors (Lipinski definition) is 5. The lowest BCUT2D eigenvalue weighted by Crippen LogP contribution is -2.49. The van der Waals surface area contributed by atoms with Gasteiger partial charge in [-0.25, -0.2) is 0 Å². The summed E-state index contributed by atoms with van der Waals surface area (Å²) in [5, 5.41) is 10.3. The largest absolute Gasteiger partial charge is 0.491 e. The first kappa shape index (κ1) is 22.6. The number of rotatable bonds is 9. The predicted molar refractivity (Wildman–Crippen MR) is 123 cm³/mol. The molecule has 1 saturated heterocycles. The third kappa shape index (κ3) is 7.01. The molecular formula is C25H36N2O3. The average molecular weight is 413 g/mol. The van der Waals surface area contributed by atoms with Crippen molar-refractivity contribution in [3.05, 3.63) is 60.2 Å². The van der Waals surface area contributed by atoms with Crippen molar-refractivity contribution in [3.63, 3.8) is 0 Å². The molecule has 5 heteroatoms. The van der Waals surface area contributed by atoms with Crippen LogP contribution < -0.4 is 9.64 Å². The summed E-state index contributed by atoms with van der Waals surface area (Å²) < 4.78 is 11.4. The van der Waals surface area contributed by atoms with Gasteiger partial charge in [-0.15, -0.1) is 0 Å². The third-order valence-corrected chi connectivity index (χ3v) is 5.49. The number of anilines is 1. The zero-order valence-corrected chi connectivity index (χ0v) is 18.6. The molecule has 1 heterocycles. The zero-order valence-electron chi connectivity index (χ0n) is 18.6. The topological polar surface area (TPSA) is 45.2 Å². The Morgan fingerprint density at radius 3 is 2.20 bits per heavy atom. The SMILES string of the molecule is CC(C)(C)c1ccc(OCCOCC(O)CN2CCN(c3ccccc3)CC2)cc1. The molecule has 1 N–H and O–H groups in total. The van der Waals surface area contributed by atoms with Crippen LogP contribution in [-0.2, 0) is 10.2 Å². The van der Waals surface area contributed by atoms with Crippen molar-refractivity contribution in [1.29, 1.82) is 0 Å². The van der Waals surface area contributed by atoms with E-state index < -0.39 is 6.10 Å². The first-order valence-electron chi connectivity index (χ1n) is 10.9. The molecule has 5 nitrogen and oxygen atoms in total. The van der Waals surface area contributed by atoms with E-state index >= 15 is 0 Å². The zero-order chi connectivity index (χ0) is 21.4. The summed E-state index contributed by atoms with van der Waals surface area (Å²) in [6, 6.07) is 18.7. The smallest absolute Gasteiger partial charge is 0.119 e. The Balaban J connectivity index is 1.27. The fourth-order valence-electron chi connectivity index (χ4n) is 3.67. The fraction of sp³-hybridized carbons (Fsp3) is 0.520. The van der Waals surface area contributed by atoms with Crippen LogP contribution in [0.15, 0.2) is 54.6 Å². The van der Waals surface area contributed by atoms with Crippen molar-refractivity contribution in [2.24, 2.45) is 0 Å². The summed E-state index contributed by atoms with van der Waals surface area (Å²) >= 11 is 0. The highest BCUT2D eigenvalue weighted by Crippen LogP contribution is 2.24. The average Bonchev–Trinajstić information content (AvgIpc) is 2.74. The molecule has 2 aromatic carbocycles. The van der Waals surface area contributed by atoms with Crippen molar-refractivity contribution in [3.8, 4) is 5.75 Å². The van der Waals surface area contributed by atoms with Crippen LogP contribution >= 0.6 is 0 Å². The van der Waals surface area contributed by atoms with E-state index in [1.54, 1.807) is 0 Å². The van der Waals surface area contributed by atoms with E-state index in [1.807, 2.05) is 18.2 Å². The molecule has 0 amide bonds. The van der Waals surface area contributed by atoms with Gasteiger partial charge in [-0.1, -0.05) is 51.1 Å². The van der Waals surface area contributed by atoms with Crippen LogP contribution in [0.2, 0.25) is 0 Å². The van der Waals surface area contributed by atoms with Crippen LogP contribution in [0.5, 0.6) is 5.75 Å². The molecular weight excluding hydrogens is 376 g/mol. The van der Waals surface area contributed by atoms with Gasteiger partial charge in [0.2, 0.25) is 0 Å². The van der Waals surface area contributed by atoms with Gasteiger partial charge in [0, 0.05) is 38.4 Å².